The van der Waals surface area contributed by atoms with Gasteiger partial charge in [0.05, 0.1) is 12.1 Å². The van der Waals surface area contributed by atoms with E-state index in [1.54, 1.807) is 34.5 Å². The summed E-state index contributed by atoms with van der Waals surface area (Å²) in [6.07, 6.45) is -5.97. The number of thiazole rings is 1. The van der Waals surface area contributed by atoms with Crippen molar-refractivity contribution in [2.75, 3.05) is 11.4 Å². The Morgan fingerprint density at radius 1 is 1.16 bits per heavy atom. The molecule has 238 valence electrons. The summed E-state index contributed by atoms with van der Waals surface area (Å²) in [5, 5.41) is 10.2. The number of alkyl halides is 6. The molecular formula is C31H27F6N3O3S2. The Morgan fingerprint density at radius 2 is 1.89 bits per heavy atom. The molecule has 1 aliphatic carbocycles. The van der Waals surface area contributed by atoms with Crippen LogP contribution < -0.4 is 10.2 Å². The highest BCUT2D eigenvalue weighted by Crippen LogP contribution is 2.50. The molecule has 1 amide bonds. The molecule has 2 aliphatic rings. The monoisotopic (exact) mass is 667 g/mol. The van der Waals surface area contributed by atoms with E-state index in [4.69, 9.17) is 10.1 Å². The van der Waals surface area contributed by atoms with Gasteiger partial charge in [-0.3, -0.25) is 9.59 Å². The van der Waals surface area contributed by atoms with E-state index in [9.17, 15) is 31.5 Å². The number of fused-ring (bicyclic) bond motifs is 6. The van der Waals surface area contributed by atoms with Crippen molar-refractivity contribution in [2.45, 2.75) is 55.7 Å². The van der Waals surface area contributed by atoms with E-state index in [0.29, 0.717) is 39.3 Å². The van der Waals surface area contributed by atoms with Crippen LogP contribution in [0.25, 0.3) is 5.57 Å². The number of hydrogen-bond donors (Lipinski definition) is 2. The van der Waals surface area contributed by atoms with Crippen molar-refractivity contribution in [3.63, 3.8) is 0 Å². The van der Waals surface area contributed by atoms with Crippen LogP contribution in [-0.4, -0.2) is 39.9 Å². The van der Waals surface area contributed by atoms with E-state index in [0.717, 1.165) is 17.7 Å². The molecular weight excluding hydrogens is 640 g/mol. The Kier molecular flexibility index (Phi) is 9.36. The van der Waals surface area contributed by atoms with Gasteiger partial charge >= 0.3 is 12.1 Å². The maximum Gasteiger partial charge on any atom is 0.412 e. The Bertz CT molecular complexity index is 1650. The average Bonchev–Trinajstić information content (AvgIpc) is 3.46. The highest BCUT2D eigenvalue weighted by atomic mass is 32.2. The zero-order valence-corrected chi connectivity index (χ0v) is 25.3. The highest BCUT2D eigenvalue weighted by molar-refractivity contribution is 8.01. The van der Waals surface area contributed by atoms with E-state index < -0.39 is 52.3 Å². The van der Waals surface area contributed by atoms with Crippen LogP contribution in [0, 0.1) is 0 Å². The Labute approximate surface area is 262 Å². The largest absolute Gasteiger partial charge is 0.481 e. The second kappa shape index (κ2) is 12.9. The number of carboxylic acids is 1. The third-order valence-electron chi connectivity index (χ3n) is 7.37. The maximum atomic E-state index is 16.4. The standard InChI is InChI=1S/C31H27F6N3O3S2/c1-30(34)22-11-18(10-20(12-22)27(32)33)15-40(14-17-2-4-19(5-3-17)28(43)38-9-8-26(41)42)29-39-24(16-44-29)23-7-6-21(31(35,36)37)13-25(23)45-30/h2-7,10-12,16,25,27H,8-9,13-15H2,1H3,(H,38,43)(H,41,42)/t25-,30?/m0/s1. The van der Waals surface area contributed by atoms with Gasteiger partial charge in [-0.25, -0.2) is 18.2 Å². The van der Waals surface area contributed by atoms with Gasteiger partial charge in [-0.1, -0.05) is 24.3 Å². The number of nitrogens with one attached hydrogen (secondary N) is 1. The van der Waals surface area contributed by atoms with Crippen molar-refractivity contribution in [1.82, 2.24) is 10.3 Å². The lowest BCUT2D eigenvalue weighted by molar-refractivity contribution is -0.136. The molecule has 45 heavy (non-hydrogen) atoms. The minimum atomic E-state index is -4.61. The van der Waals surface area contributed by atoms with Gasteiger partial charge in [-0.2, -0.15) is 13.2 Å². The van der Waals surface area contributed by atoms with E-state index in [1.165, 1.54) is 36.5 Å². The van der Waals surface area contributed by atoms with Crippen LogP contribution in [0.4, 0.5) is 31.5 Å². The number of hydrogen-bond acceptors (Lipinski definition) is 6. The number of thioether (sulfide) groups is 1. The van der Waals surface area contributed by atoms with Gasteiger partial charge in [-0.15, -0.1) is 23.1 Å². The van der Waals surface area contributed by atoms with Crippen molar-refractivity contribution in [2.24, 2.45) is 0 Å². The minimum absolute atomic E-state index is 0.0310. The summed E-state index contributed by atoms with van der Waals surface area (Å²) < 4.78 is 85.4. The summed E-state index contributed by atoms with van der Waals surface area (Å²) in [5.74, 6) is -1.49. The van der Waals surface area contributed by atoms with Gasteiger partial charge in [0.15, 0.2) is 10.1 Å². The summed E-state index contributed by atoms with van der Waals surface area (Å²) in [6, 6.07) is 10.3. The van der Waals surface area contributed by atoms with Gasteiger partial charge in [0.1, 0.15) is 0 Å². The molecule has 0 saturated heterocycles. The van der Waals surface area contributed by atoms with Crippen molar-refractivity contribution in [3.05, 3.63) is 99.1 Å². The van der Waals surface area contributed by atoms with Crippen molar-refractivity contribution in [3.8, 4) is 0 Å². The molecule has 4 bridgehead atoms. The van der Waals surface area contributed by atoms with Crippen LogP contribution in [0.3, 0.4) is 0 Å². The van der Waals surface area contributed by atoms with Crippen LogP contribution >= 0.6 is 23.1 Å². The third-order valence-corrected chi connectivity index (χ3v) is 9.66. The number of halogens is 6. The fraction of sp³-hybridized carbons (Fsp3) is 0.323. The molecule has 0 spiro atoms. The normalized spacial score (nSPS) is 20.0. The number of rotatable bonds is 7. The topological polar surface area (TPSA) is 82.5 Å². The zero-order valence-electron chi connectivity index (χ0n) is 23.7. The van der Waals surface area contributed by atoms with Gasteiger partial charge in [0, 0.05) is 47.0 Å². The lowest BCUT2D eigenvalue weighted by Gasteiger charge is -2.32. The first-order chi connectivity index (χ1) is 21.2. The first-order valence-electron chi connectivity index (χ1n) is 13.8. The predicted molar refractivity (Wildman–Crippen MR) is 161 cm³/mol. The van der Waals surface area contributed by atoms with Crippen LogP contribution in [-0.2, 0) is 22.9 Å². The molecule has 1 aliphatic heterocycles. The highest BCUT2D eigenvalue weighted by Gasteiger charge is 2.41. The molecule has 3 aromatic rings. The van der Waals surface area contributed by atoms with E-state index in [2.05, 4.69) is 5.32 Å². The first-order valence-corrected chi connectivity index (χ1v) is 15.5. The van der Waals surface area contributed by atoms with Crippen molar-refractivity contribution in [1.29, 1.82) is 0 Å². The summed E-state index contributed by atoms with van der Waals surface area (Å²) >= 11 is 1.87. The number of amides is 1. The Hall–Kier alpha value is -3.78. The average molecular weight is 668 g/mol. The number of anilines is 1. The first kappa shape index (κ1) is 32.6. The smallest absolute Gasteiger partial charge is 0.412 e. The Balaban J connectivity index is 1.52. The van der Waals surface area contributed by atoms with Crippen LogP contribution in [0.2, 0.25) is 0 Å². The number of nitrogens with zero attached hydrogens (tertiary/aromatic N) is 2. The molecule has 1 unspecified atom stereocenters. The van der Waals surface area contributed by atoms with E-state index in [-0.39, 0.29) is 31.6 Å². The van der Waals surface area contributed by atoms with Crippen LogP contribution in [0.5, 0.6) is 0 Å². The predicted octanol–water partition coefficient (Wildman–Crippen LogP) is 8.03. The number of benzene rings is 2. The fourth-order valence-corrected chi connectivity index (χ4v) is 7.30. The second-order valence-electron chi connectivity index (χ2n) is 10.8. The summed E-state index contributed by atoms with van der Waals surface area (Å²) in [7, 11) is 0. The molecule has 0 radical (unpaired) electrons. The molecule has 0 saturated carbocycles. The fourth-order valence-electron chi connectivity index (χ4n) is 5.09. The summed E-state index contributed by atoms with van der Waals surface area (Å²) in [6.45, 7) is 1.42. The molecule has 2 aromatic carbocycles. The van der Waals surface area contributed by atoms with Gasteiger partial charge in [0.25, 0.3) is 12.3 Å². The molecule has 0 fully saturated rings. The number of carbonyl (C=O) groups is 2. The number of carboxylic acid groups (broad SMARTS) is 1. The summed E-state index contributed by atoms with van der Waals surface area (Å²) in [4.78, 5) is 29.6. The molecule has 14 heteroatoms. The maximum absolute atomic E-state index is 16.4. The number of aliphatic carboxylic acids is 1. The SMILES string of the molecule is CC1(F)S[C@H]2CC(C(F)(F)F)=CC=C2c2csc(n2)N(Cc2ccc(C(=O)NCCC(=O)O)cc2)Cc2cc(C(F)F)cc1c2. The minimum Gasteiger partial charge on any atom is -0.481 e. The van der Waals surface area contributed by atoms with Crippen LogP contribution in [0.1, 0.15) is 64.5 Å². The number of aromatic nitrogens is 1. The van der Waals surface area contributed by atoms with Gasteiger partial charge < -0.3 is 15.3 Å². The second-order valence-corrected chi connectivity index (χ2v) is 13.2. The van der Waals surface area contributed by atoms with E-state index >= 15 is 4.39 Å². The van der Waals surface area contributed by atoms with Crippen LogP contribution in [0.15, 0.2) is 65.6 Å². The van der Waals surface area contributed by atoms with Gasteiger partial charge in [-0.05, 0) is 65.9 Å². The third kappa shape index (κ3) is 7.72. The lowest BCUT2D eigenvalue weighted by atomic mass is 9.95. The quantitative estimate of drug-likeness (QED) is 0.249. The summed E-state index contributed by atoms with van der Waals surface area (Å²) in [5.41, 5.74) is 0.920. The van der Waals surface area contributed by atoms with Crippen molar-refractivity contribution < 1.29 is 41.0 Å². The van der Waals surface area contributed by atoms with Crippen molar-refractivity contribution >= 4 is 45.7 Å². The molecule has 5 rings (SSSR count). The molecule has 2 atom stereocenters. The van der Waals surface area contributed by atoms with E-state index in [1.807, 2.05) is 0 Å². The molecule has 6 nitrogen and oxygen atoms in total. The Morgan fingerprint density at radius 3 is 2.56 bits per heavy atom. The molecule has 1 aromatic heterocycles. The molecule has 2 heterocycles. The zero-order chi connectivity index (χ0) is 32.5. The van der Waals surface area contributed by atoms with Gasteiger partial charge in [0.2, 0.25) is 0 Å². The molecule has 2 N–H and O–H groups in total. The number of allylic oxidation sites excluding steroid dienone is 3. The lowest BCUT2D eigenvalue weighted by Crippen LogP contribution is -2.26. The number of carbonyl (C=O) groups excluding carboxylic acids is 1.